The zero-order valence-corrected chi connectivity index (χ0v) is 14.0. The molecule has 23 heavy (non-hydrogen) atoms. The van der Waals surface area contributed by atoms with Crippen LogP contribution in [0.2, 0.25) is 0 Å². The summed E-state index contributed by atoms with van der Waals surface area (Å²) in [6.45, 7) is 3.87. The standard InChI is InChI=1S/C16H22N4O3/c1-8(13-9(2)19-16(18)20-15(13)17)10-6-11(21-3)14(23-5)12(7-10)22-4/h6-8H,1-5H3,(H4,17,18,19,20)/t8-/m1/s1. The summed E-state index contributed by atoms with van der Waals surface area (Å²) in [6, 6.07) is 3.78. The number of rotatable bonds is 5. The number of ether oxygens (including phenoxy) is 3. The first-order chi connectivity index (χ1) is 10.9. The molecule has 0 saturated carbocycles. The summed E-state index contributed by atoms with van der Waals surface area (Å²) < 4.78 is 16.1. The van der Waals surface area contributed by atoms with Gasteiger partial charge in [0.15, 0.2) is 11.5 Å². The minimum atomic E-state index is -0.0655. The number of aromatic nitrogens is 2. The molecule has 0 fully saturated rings. The lowest BCUT2D eigenvalue weighted by Crippen LogP contribution is -2.10. The number of aryl methyl sites for hydroxylation is 1. The van der Waals surface area contributed by atoms with Gasteiger partial charge in [0.05, 0.1) is 21.3 Å². The van der Waals surface area contributed by atoms with E-state index < -0.39 is 0 Å². The predicted molar refractivity (Wildman–Crippen MR) is 89.2 cm³/mol. The van der Waals surface area contributed by atoms with E-state index in [9.17, 15) is 0 Å². The van der Waals surface area contributed by atoms with E-state index in [1.807, 2.05) is 26.0 Å². The van der Waals surface area contributed by atoms with E-state index >= 15 is 0 Å². The van der Waals surface area contributed by atoms with Crippen molar-refractivity contribution < 1.29 is 14.2 Å². The van der Waals surface area contributed by atoms with Crippen molar-refractivity contribution in [2.75, 3.05) is 32.8 Å². The first-order valence-corrected chi connectivity index (χ1v) is 7.12. The summed E-state index contributed by atoms with van der Waals surface area (Å²) in [5.41, 5.74) is 14.2. The Morgan fingerprint density at radius 2 is 1.52 bits per heavy atom. The lowest BCUT2D eigenvalue weighted by atomic mass is 9.91. The van der Waals surface area contributed by atoms with Gasteiger partial charge >= 0.3 is 0 Å². The first kappa shape index (κ1) is 16.7. The SMILES string of the molecule is COc1cc([C@@H](C)c2c(C)nc(N)nc2N)cc(OC)c1OC. The molecule has 0 aliphatic heterocycles. The van der Waals surface area contributed by atoms with Crippen LogP contribution >= 0.6 is 0 Å². The van der Waals surface area contributed by atoms with E-state index in [4.69, 9.17) is 25.7 Å². The zero-order chi connectivity index (χ0) is 17.1. The van der Waals surface area contributed by atoms with Gasteiger partial charge in [-0.25, -0.2) is 4.98 Å². The highest BCUT2D eigenvalue weighted by Crippen LogP contribution is 2.42. The molecule has 0 bridgehead atoms. The summed E-state index contributed by atoms with van der Waals surface area (Å²) in [5, 5.41) is 0. The van der Waals surface area contributed by atoms with Gasteiger partial charge in [0.25, 0.3) is 0 Å². The summed E-state index contributed by atoms with van der Waals surface area (Å²) in [5.74, 6) is 2.19. The minimum Gasteiger partial charge on any atom is -0.493 e. The second-order valence-electron chi connectivity index (χ2n) is 5.15. The number of methoxy groups -OCH3 is 3. The fourth-order valence-electron chi connectivity index (χ4n) is 2.68. The second-order valence-corrected chi connectivity index (χ2v) is 5.15. The smallest absolute Gasteiger partial charge is 0.222 e. The van der Waals surface area contributed by atoms with Crippen LogP contribution in [-0.4, -0.2) is 31.3 Å². The predicted octanol–water partition coefficient (Wildman–Crippen LogP) is 2.13. The van der Waals surface area contributed by atoms with E-state index in [1.165, 1.54) is 0 Å². The summed E-state index contributed by atoms with van der Waals surface area (Å²) in [6.07, 6.45) is 0. The molecular weight excluding hydrogens is 296 g/mol. The number of anilines is 2. The van der Waals surface area contributed by atoms with Crippen LogP contribution in [0, 0.1) is 6.92 Å². The van der Waals surface area contributed by atoms with E-state index in [1.54, 1.807) is 21.3 Å². The molecule has 0 amide bonds. The molecule has 2 aromatic rings. The molecule has 0 spiro atoms. The Morgan fingerprint density at radius 3 is 1.96 bits per heavy atom. The molecule has 2 rings (SSSR count). The molecule has 1 heterocycles. The summed E-state index contributed by atoms with van der Waals surface area (Å²) in [4.78, 5) is 8.26. The van der Waals surface area contributed by atoms with Gasteiger partial charge in [0, 0.05) is 17.2 Å². The number of hydrogen-bond acceptors (Lipinski definition) is 7. The van der Waals surface area contributed by atoms with Crippen molar-refractivity contribution in [3.8, 4) is 17.2 Å². The minimum absolute atomic E-state index is 0.0655. The van der Waals surface area contributed by atoms with Gasteiger partial charge in [-0.2, -0.15) is 4.98 Å². The Bertz CT molecular complexity index is 670. The van der Waals surface area contributed by atoms with Crippen molar-refractivity contribution >= 4 is 11.8 Å². The monoisotopic (exact) mass is 318 g/mol. The molecule has 7 heteroatoms. The Labute approximate surface area is 135 Å². The Balaban J connectivity index is 2.58. The highest BCUT2D eigenvalue weighted by Gasteiger charge is 2.21. The molecule has 1 atom stereocenters. The van der Waals surface area contributed by atoms with Gasteiger partial charge in [-0.05, 0) is 24.6 Å². The van der Waals surface area contributed by atoms with Crippen molar-refractivity contribution in [1.82, 2.24) is 9.97 Å². The quantitative estimate of drug-likeness (QED) is 0.869. The van der Waals surface area contributed by atoms with Crippen LogP contribution in [0.4, 0.5) is 11.8 Å². The van der Waals surface area contributed by atoms with Gasteiger partial charge in [0.1, 0.15) is 5.82 Å². The van der Waals surface area contributed by atoms with E-state index in [0.717, 1.165) is 16.8 Å². The first-order valence-electron chi connectivity index (χ1n) is 7.12. The van der Waals surface area contributed by atoms with Gasteiger partial charge in [-0.3, -0.25) is 0 Å². The van der Waals surface area contributed by atoms with E-state index in [2.05, 4.69) is 9.97 Å². The third-order valence-electron chi connectivity index (χ3n) is 3.80. The zero-order valence-electron chi connectivity index (χ0n) is 14.0. The third kappa shape index (κ3) is 3.08. The Morgan fingerprint density at radius 1 is 0.957 bits per heavy atom. The van der Waals surface area contributed by atoms with Crippen molar-refractivity contribution in [3.63, 3.8) is 0 Å². The van der Waals surface area contributed by atoms with Crippen LogP contribution in [0.3, 0.4) is 0 Å². The Kier molecular flexibility index (Phi) is 4.78. The second kappa shape index (κ2) is 6.60. The number of nitrogens with two attached hydrogens (primary N) is 2. The van der Waals surface area contributed by atoms with Gasteiger partial charge in [-0.1, -0.05) is 6.92 Å². The van der Waals surface area contributed by atoms with Crippen LogP contribution in [0.25, 0.3) is 0 Å². The van der Waals surface area contributed by atoms with E-state index in [0.29, 0.717) is 23.1 Å². The lowest BCUT2D eigenvalue weighted by molar-refractivity contribution is 0.323. The van der Waals surface area contributed by atoms with Gasteiger partial charge < -0.3 is 25.7 Å². The van der Waals surface area contributed by atoms with Crippen molar-refractivity contribution in [2.24, 2.45) is 0 Å². The summed E-state index contributed by atoms with van der Waals surface area (Å²) in [7, 11) is 4.73. The number of nitrogen functional groups attached to an aromatic ring is 2. The average Bonchev–Trinajstić information content (AvgIpc) is 2.52. The van der Waals surface area contributed by atoms with Crippen molar-refractivity contribution in [3.05, 3.63) is 29.0 Å². The molecule has 0 aliphatic rings. The molecule has 0 unspecified atom stereocenters. The van der Waals surface area contributed by atoms with Crippen LogP contribution in [0.15, 0.2) is 12.1 Å². The number of nitrogens with zero attached hydrogens (tertiary/aromatic N) is 2. The van der Waals surface area contributed by atoms with Crippen molar-refractivity contribution in [1.29, 1.82) is 0 Å². The fourth-order valence-corrected chi connectivity index (χ4v) is 2.68. The number of hydrogen-bond donors (Lipinski definition) is 2. The molecule has 0 radical (unpaired) electrons. The average molecular weight is 318 g/mol. The molecular formula is C16H22N4O3. The highest BCUT2D eigenvalue weighted by molar-refractivity contribution is 5.58. The molecule has 0 aliphatic carbocycles. The van der Waals surface area contributed by atoms with Crippen LogP contribution in [-0.2, 0) is 0 Å². The molecule has 7 nitrogen and oxygen atoms in total. The van der Waals surface area contributed by atoms with Gasteiger partial charge in [0.2, 0.25) is 11.7 Å². The Hall–Kier alpha value is -2.70. The van der Waals surface area contributed by atoms with Crippen LogP contribution in [0.1, 0.15) is 29.7 Å². The van der Waals surface area contributed by atoms with Crippen LogP contribution in [0.5, 0.6) is 17.2 Å². The molecule has 0 saturated heterocycles. The number of benzene rings is 1. The van der Waals surface area contributed by atoms with Crippen LogP contribution < -0.4 is 25.7 Å². The highest BCUT2D eigenvalue weighted by atomic mass is 16.5. The third-order valence-corrected chi connectivity index (χ3v) is 3.80. The largest absolute Gasteiger partial charge is 0.493 e. The normalized spacial score (nSPS) is 11.9. The fraction of sp³-hybridized carbons (Fsp3) is 0.375. The lowest BCUT2D eigenvalue weighted by Gasteiger charge is -2.20. The summed E-state index contributed by atoms with van der Waals surface area (Å²) >= 11 is 0. The van der Waals surface area contributed by atoms with Crippen molar-refractivity contribution in [2.45, 2.75) is 19.8 Å². The van der Waals surface area contributed by atoms with Gasteiger partial charge in [-0.15, -0.1) is 0 Å². The maximum atomic E-state index is 6.04. The maximum absolute atomic E-state index is 6.04. The van der Waals surface area contributed by atoms with E-state index in [-0.39, 0.29) is 11.9 Å². The molecule has 124 valence electrons. The molecule has 4 N–H and O–H groups in total. The molecule has 1 aromatic carbocycles. The maximum Gasteiger partial charge on any atom is 0.222 e. The topological polar surface area (TPSA) is 106 Å². The molecule has 1 aromatic heterocycles.